The second-order valence-electron chi connectivity index (χ2n) is 5.97. The first-order chi connectivity index (χ1) is 7.34. The van der Waals surface area contributed by atoms with Gasteiger partial charge in [-0.15, -0.1) is 11.6 Å². The maximum Gasteiger partial charge on any atom is 0.229 e. The van der Waals surface area contributed by atoms with Crippen molar-refractivity contribution in [2.75, 3.05) is 19.0 Å². The molecule has 3 heteroatoms. The molecule has 0 saturated carbocycles. The Kier molecular flexibility index (Phi) is 4.28. The van der Waals surface area contributed by atoms with Crippen molar-refractivity contribution in [1.82, 2.24) is 4.90 Å². The highest BCUT2D eigenvalue weighted by Gasteiger charge is 2.36. The fourth-order valence-corrected chi connectivity index (χ4v) is 2.20. The van der Waals surface area contributed by atoms with Gasteiger partial charge in [0.15, 0.2) is 0 Å². The van der Waals surface area contributed by atoms with Crippen LogP contribution in [0.25, 0.3) is 0 Å². The molecule has 0 spiro atoms. The first-order valence-corrected chi connectivity index (χ1v) is 6.73. The summed E-state index contributed by atoms with van der Waals surface area (Å²) in [6.45, 7) is 10.2. The van der Waals surface area contributed by atoms with Crippen LogP contribution in [0.4, 0.5) is 0 Å². The van der Waals surface area contributed by atoms with E-state index in [-0.39, 0.29) is 5.91 Å². The van der Waals surface area contributed by atoms with E-state index in [0.29, 0.717) is 11.3 Å². The summed E-state index contributed by atoms with van der Waals surface area (Å²) in [7, 11) is 0. The molecule has 0 bridgehead atoms. The Labute approximate surface area is 104 Å². The van der Waals surface area contributed by atoms with Crippen LogP contribution in [0.5, 0.6) is 0 Å². The Morgan fingerprint density at radius 1 is 1.38 bits per heavy atom. The molecule has 0 N–H and O–H groups in total. The zero-order valence-corrected chi connectivity index (χ0v) is 11.7. The zero-order chi connectivity index (χ0) is 12.4. The molecule has 0 aliphatic carbocycles. The van der Waals surface area contributed by atoms with E-state index < -0.39 is 5.41 Å². The number of carbonyl (C=O) groups is 1. The van der Waals surface area contributed by atoms with Crippen LogP contribution in [0.15, 0.2) is 0 Å². The van der Waals surface area contributed by atoms with Gasteiger partial charge in [0.1, 0.15) is 0 Å². The lowest BCUT2D eigenvalue weighted by atomic mass is 9.77. The maximum absolute atomic E-state index is 12.2. The Morgan fingerprint density at radius 3 is 2.25 bits per heavy atom. The Morgan fingerprint density at radius 2 is 1.88 bits per heavy atom. The fraction of sp³-hybridized carbons (Fsp3) is 0.923. The standard InChI is InChI=1S/C13H24ClNO/c1-5-13(4)6-8-15(9-7-13)11(16)12(2,3)10-14/h5-10H2,1-4H3. The highest BCUT2D eigenvalue weighted by atomic mass is 35.5. The summed E-state index contributed by atoms with van der Waals surface area (Å²) in [6, 6.07) is 0. The van der Waals surface area contributed by atoms with Gasteiger partial charge in [0.25, 0.3) is 0 Å². The van der Waals surface area contributed by atoms with Crippen LogP contribution in [0.3, 0.4) is 0 Å². The lowest BCUT2D eigenvalue weighted by Gasteiger charge is -2.41. The summed E-state index contributed by atoms with van der Waals surface area (Å²) in [6.07, 6.45) is 3.44. The van der Waals surface area contributed by atoms with Gasteiger partial charge in [0, 0.05) is 19.0 Å². The Hall–Kier alpha value is -0.240. The number of hydrogen-bond donors (Lipinski definition) is 0. The molecule has 0 atom stereocenters. The number of amides is 1. The molecule has 0 aromatic rings. The number of carbonyl (C=O) groups excluding carboxylic acids is 1. The Bertz CT molecular complexity index is 255. The van der Waals surface area contributed by atoms with Crippen LogP contribution in [-0.4, -0.2) is 29.8 Å². The van der Waals surface area contributed by atoms with Gasteiger partial charge in [-0.25, -0.2) is 0 Å². The van der Waals surface area contributed by atoms with Crippen molar-refractivity contribution in [3.05, 3.63) is 0 Å². The zero-order valence-electron chi connectivity index (χ0n) is 11.0. The van der Waals surface area contributed by atoms with Crippen LogP contribution in [-0.2, 0) is 4.79 Å². The molecular formula is C13H24ClNO. The quantitative estimate of drug-likeness (QED) is 0.699. The van der Waals surface area contributed by atoms with E-state index in [1.165, 1.54) is 6.42 Å². The average molecular weight is 246 g/mol. The van der Waals surface area contributed by atoms with Crippen LogP contribution >= 0.6 is 11.6 Å². The van der Waals surface area contributed by atoms with Gasteiger partial charge < -0.3 is 4.90 Å². The van der Waals surface area contributed by atoms with Gasteiger partial charge in [-0.2, -0.15) is 0 Å². The normalized spacial score (nSPS) is 20.9. The summed E-state index contributed by atoms with van der Waals surface area (Å²) >= 11 is 5.84. The number of likely N-dealkylation sites (tertiary alicyclic amines) is 1. The second kappa shape index (κ2) is 4.95. The molecule has 1 heterocycles. The van der Waals surface area contributed by atoms with E-state index in [2.05, 4.69) is 13.8 Å². The molecule has 1 rings (SSSR count). The minimum absolute atomic E-state index is 0.209. The van der Waals surface area contributed by atoms with Crippen molar-refractivity contribution in [3.8, 4) is 0 Å². The van der Waals surface area contributed by atoms with E-state index in [4.69, 9.17) is 11.6 Å². The van der Waals surface area contributed by atoms with Crippen molar-refractivity contribution in [3.63, 3.8) is 0 Å². The average Bonchev–Trinajstić information content (AvgIpc) is 2.29. The molecule has 1 saturated heterocycles. The van der Waals surface area contributed by atoms with E-state index in [1.54, 1.807) is 0 Å². The van der Waals surface area contributed by atoms with Gasteiger partial charge in [-0.1, -0.05) is 20.3 Å². The summed E-state index contributed by atoms with van der Waals surface area (Å²) in [4.78, 5) is 14.2. The molecule has 1 aliphatic heterocycles. The number of hydrogen-bond acceptors (Lipinski definition) is 1. The number of rotatable bonds is 3. The third kappa shape index (κ3) is 2.91. The first kappa shape index (κ1) is 13.8. The summed E-state index contributed by atoms with van der Waals surface area (Å²) in [5.41, 5.74) is 0.0173. The number of nitrogens with zero attached hydrogens (tertiary/aromatic N) is 1. The van der Waals surface area contributed by atoms with E-state index in [0.717, 1.165) is 25.9 Å². The first-order valence-electron chi connectivity index (χ1n) is 6.20. The predicted octanol–water partition coefficient (Wildman–Crippen LogP) is 3.29. The summed E-state index contributed by atoms with van der Waals surface area (Å²) in [5.74, 6) is 0.605. The highest BCUT2D eigenvalue weighted by Crippen LogP contribution is 2.35. The molecule has 0 radical (unpaired) electrons. The molecule has 1 amide bonds. The lowest BCUT2D eigenvalue weighted by Crippen LogP contribution is -2.47. The summed E-state index contributed by atoms with van der Waals surface area (Å²) < 4.78 is 0. The molecule has 16 heavy (non-hydrogen) atoms. The molecule has 1 aliphatic rings. The topological polar surface area (TPSA) is 20.3 Å². The largest absolute Gasteiger partial charge is 0.342 e. The van der Waals surface area contributed by atoms with Crippen molar-refractivity contribution in [2.24, 2.45) is 10.8 Å². The number of alkyl halides is 1. The summed E-state index contributed by atoms with van der Waals surface area (Å²) in [5, 5.41) is 0. The number of piperidine rings is 1. The van der Waals surface area contributed by atoms with Gasteiger partial charge in [0.05, 0.1) is 5.41 Å². The number of halogens is 1. The van der Waals surface area contributed by atoms with Gasteiger partial charge in [-0.05, 0) is 32.1 Å². The van der Waals surface area contributed by atoms with Crippen molar-refractivity contribution in [1.29, 1.82) is 0 Å². The minimum atomic E-state index is -0.415. The predicted molar refractivity (Wildman–Crippen MR) is 68.7 cm³/mol. The van der Waals surface area contributed by atoms with E-state index >= 15 is 0 Å². The monoisotopic (exact) mass is 245 g/mol. The molecule has 94 valence electrons. The van der Waals surface area contributed by atoms with Gasteiger partial charge in [0.2, 0.25) is 5.91 Å². The van der Waals surface area contributed by atoms with Gasteiger partial charge in [-0.3, -0.25) is 4.79 Å². The second-order valence-corrected chi connectivity index (χ2v) is 6.24. The Balaban J connectivity index is 2.58. The molecule has 0 unspecified atom stereocenters. The molecule has 0 aromatic heterocycles. The minimum Gasteiger partial charge on any atom is -0.342 e. The van der Waals surface area contributed by atoms with E-state index in [9.17, 15) is 4.79 Å². The van der Waals surface area contributed by atoms with E-state index in [1.807, 2.05) is 18.7 Å². The smallest absolute Gasteiger partial charge is 0.229 e. The molecule has 1 fully saturated rings. The fourth-order valence-electron chi connectivity index (χ4n) is 2.09. The van der Waals surface area contributed by atoms with Gasteiger partial charge >= 0.3 is 0 Å². The van der Waals surface area contributed by atoms with Crippen molar-refractivity contribution in [2.45, 2.75) is 47.0 Å². The van der Waals surface area contributed by atoms with Crippen LogP contribution in [0.2, 0.25) is 0 Å². The van der Waals surface area contributed by atoms with Crippen LogP contribution in [0.1, 0.15) is 47.0 Å². The van der Waals surface area contributed by atoms with Crippen LogP contribution in [0, 0.1) is 10.8 Å². The SMILES string of the molecule is CCC1(C)CCN(C(=O)C(C)(C)CCl)CC1. The van der Waals surface area contributed by atoms with Crippen molar-refractivity contribution < 1.29 is 4.79 Å². The molecular weight excluding hydrogens is 222 g/mol. The van der Waals surface area contributed by atoms with Crippen LogP contribution < -0.4 is 0 Å². The van der Waals surface area contributed by atoms with Crippen molar-refractivity contribution >= 4 is 17.5 Å². The molecule has 0 aromatic carbocycles. The highest BCUT2D eigenvalue weighted by molar-refractivity contribution is 6.19. The molecule has 2 nitrogen and oxygen atoms in total. The lowest BCUT2D eigenvalue weighted by molar-refractivity contribution is -0.141. The third-order valence-electron chi connectivity index (χ3n) is 4.02. The third-order valence-corrected chi connectivity index (χ3v) is 4.69. The maximum atomic E-state index is 12.2.